The average Bonchev–Trinajstić information content (AvgIpc) is 2.51. The second-order valence-corrected chi connectivity index (χ2v) is 4.29. The second-order valence-electron chi connectivity index (χ2n) is 4.29. The first-order chi connectivity index (χ1) is 9.67. The monoisotopic (exact) mass is 272 g/mol. The number of aromatic nitrogens is 1. The zero-order chi connectivity index (χ0) is 14.5. The zero-order valence-electron chi connectivity index (χ0n) is 11.2. The molecule has 1 aromatic carbocycles. The molecule has 0 saturated heterocycles. The number of amidine groups is 1. The van der Waals surface area contributed by atoms with Crippen molar-refractivity contribution in [3.8, 4) is 0 Å². The molecule has 1 heterocycles. The van der Waals surface area contributed by atoms with Crippen molar-refractivity contribution in [1.82, 2.24) is 9.88 Å². The first-order valence-corrected chi connectivity index (χ1v) is 6.26. The molecule has 1 aromatic heterocycles. The van der Waals surface area contributed by atoms with Crippen molar-refractivity contribution in [3.05, 3.63) is 42.1 Å². The maximum Gasteiger partial charge on any atom is 0.254 e. The van der Waals surface area contributed by atoms with Gasteiger partial charge in [0.15, 0.2) is 5.84 Å². The van der Waals surface area contributed by atoms with Gasteiger partial charge in [-0.05, 0) is 25.1 Å². The van der Waals surface area contributed by atoms with E-state index in [0.717, 1.165) is 10.9 Å². The summed E-state index contributed by atoms with van der Waals surface area (Å²) >= 11 is 0. The first-order valence-electron chi connectivity index (χ1n) is 6.26. The molecule has 0 unspecified atom stereocenters. The lowest BCUT2D eigenvalue weighted by Gasteiger charge is -2.20. The lowest BCUT2D eigenvalue weighted by molar-refractivity contribution is 0.0788. The topological polar surface area (TPSA) is 91.8 Å². The Labute approximate surface area is 116 Å². The van der Waals surface area contributed by atoms with Gasteiger partial charge in [-0.2, -0.15) is 0 Å². The molecule has 2 rings (SSSR count). The fraction of sp³-hybridized carbons (Fsp3) is 0.214. The number of amides is 1. The highest BCUT2D eigenvalue weighted by Gasteiger charge is 2.17. The Hall–Kier alpha value is -2.63. The van der Waals surface area contributed by atoms with Crippen LogP contribution in [-0.4, -0.2) is 39.9 Å². The number of hydrogen-bond donors (Lipinski definition) is 2. The number of benzene rings is 1. The minimum atomic E-state index is -0.169. The predicted octanol–water partition coefficient (Wildman–Crippen LogP) is 1.44. The highest BCUT2D eigenvalue weighted by atomic mass is 16.4. The fourth-order valence-corrected chi connectivity index (χ4v) is 2.01. The quantitative estimate of drug-likeness (QED) is 0.381. The van der Waals surface area contributed by atoms with E-state index in [1.807, 2.05) is 19.1 Å². The Bertz CT molecular complexity index is 649. The summed E-state index contributed by atoms with van der Waals surface area (Å²) in [6.07, 6.45) is 1.69. The Morgan fingerprint density at radius 2 is 2.20 bits per heavy atom. The minimum Gasteiger partial charge on any atom is -0.409 e. The highest BCUT2D eigenvalue weighted by molar-refractivity contribution is 6.07. The normalized spacial score (nSPS) is 11.6. The van der Waals surface area contributed by atoms with Crippen molar-refractivity contribution in [3.63, 3.8) is 0 Å². The number of carbonyl (C=O) groups is 1. The van der Waals surface area contributed by atoms with E-state index in [2.05, 4.69) is 10.1 Å². The van der Waals surface area contributed by atoms with Crippen LogP contribution in [0.2, 0.25) is 0 Å². The predicted molar refractivity (Wildman–Crippen MR) is 76.7 cm³/mol. The minimum absolute atomic E-state index is 0.00133. The molecule has 2 aromatic rings. The number of oxime groups is 1. The number of nitrogens with two attached hydrogens (primary N) is 1. The molecule has 0 aliphatic rings. The van der Waals surface area contributed by atoms with Crippen molar-refractivity contribution in [2.45, 2.75) is 6.92 Å². The van der Waals surface area contributed by atoms with Crippen LogP contribution in [0.3, 0.4) is 0 Å². The van der Waals surface area contributed by atoms with Crippen molar-refractivity contribution in [1.29, 1.82) is 0 Å². The molecule has 20 heavy (non-hydrogen) atoms. The lowest BCUT2D eigenvalue weighted by atomic mass is 10.1. The smallest absolute Gasteiger partial charge is 0.254 e. The molecule has 104 valence electrons. The van der Waals surface area contributed by atoms with Crippen LogP contribution in [0.1, 0.15) is 17.3 Å². The van der Waals surface area contributed by atoms with Gasteiger partial charge in [0.25, 0.3) is 5.91 Å². The van der Waals surface area contributed by atoms with E-state index in [0.29, 0.717) is 12.1 Å². The van der Waals surface area contributed by atoms with Crippen LogP contribution >= 0.6 is 0 Å². The molecule has 0 aliphatic carbocycles. The number of fused-ring (bicyclic) bond motifs is 1. The van der Waals surface area contributed by atoms with Gasteiger partial charge in [0.1, 0.15) is 0 Å². The summed E-state index contributed by atoms with van der Waals surface area (Å²) in [6.45, 7) is 2.39. The maximum absolute atomic E-state index is 12.5. The van der Waals surface area contributed by atoms with Crippen LogP contribution in [0.4, 0.5) is 0 Å². The first kappa shape index (κ1) is 13.8. The molecular formula is C14H16N4O2. The SMILES string of the molecule is CCN(CC(N)=NO)C(=O)c1cccc2ncccc12. The Morgan fingerprint density at radius 1 is 1.40 bits per heavy atom. The summed E-state index contributed by atoms with van der Waals surface area (Å²) in [5, 5.41) is 12.3. The molecule has 6 heteroatoms. The van der Waals surface area contributed by atoms with Gasteiger partial charge in [-0.25, -0.2) is 0 Å². The zero-order valence-corrected chi connectivity index (χ0v) is 11.2. The Kier molecular flexibility index (Phi) is 4.14. The summed E-state index contributed by atoms with van der Waals surface area (Å²) < 4.78 is 0. The van der Waals surface area contributed by atoms with Crippen LogP contribution in [0.25, 0.3) is 10.9 Å². The highest BCUT2D eigenvalue weighted by Crippen LogP contribution is 2.18. The van der Waals surface area contributed by atoms with Crippen LogP contribution < -0.4 is 5.73 Å². The summed E-state index contributed by atoms with van der Waals surface area (Å²) in [5.41, 5.74) is 6.79. The van der Waals surface area contributed by atoms with Crippen LogP contribution in [0, 0.1) is 0 Å². The maximum atomic E-state index is 12.5. The number of rotatable bonds is 4. The van der Waals surface area contributed by atoms with Crippen LogP contribution in [0.5, 0.6) is 0 Å². The van der Waals surface area contributed by atoms with Crippen molar-refractivity contribution >= 4 is 22.6 Å². The van der Waals surface area contributed by atoms with E-state index in [1.54, 1.807) is 24.4 Å². The number of likely N-dealkylation sites (N-methyl/N-ethyl adjacent to an activating group) is 1. The van der Waals surface area contributed by atoms with E-state index in [9.17, 15) is 4.79 Å². The number of nitrogens with zero attached hydrogens (tertiary/aromatic N) is 3. The van der Waals surface area contributed by atoms with E-state index < -0.39 is 0 Å². The van der Waals surface area contributed by atoms with E-state index in [1.165, 1.54) is 4.90 Å². The molecule has 0 spiro atoms. The molecule has 6 nitrogen and oxygen atoms in total. The fourth-order valence-electron chi connectivity index (χ4n) is 2.01. The van der Waals surface area contributed by atoms with E-state index in [4.69, 9.17) is 10.9 Å². The molecule has 0 bridgehead atoms. The molecule has 0 atom stereocenters. The molecule has 0 fully saturated rings. The van der Waals surface area contributed by atoms with Crippen molar-refractivity contribution in [2.24, 2.45) is 10.9 Å². The van der Waals surface area contributed by atoms with Gasteiger partial charge in [-0.15, -0.1) is 0 Å². The van der Waals surface area contributed by atoms with E-state index in [-0.39, 0.29) is 18.3 Å². The summed E-state index contributed by atoms with van der Waals surface area (Å²) in [4.78, 5) is 18.3. The molecule has 0 aliphatic heterocycles. The van der Waals surface area contributed by atoms with Crippen LogP contribution in [0.15, 0.2) is 41.7 Å². The van der Waals surface area contributed by atoms with Crippen molar-refractivity contribution in [2.75, 3.05) is 13.1 Å². The van der Waals surface area contributed by atoms with Gasteiger partial charge in [-0.1, -0.05) is 17.3 Å². The third-order valence-corrected chi connectivity index (χ3v) is 3.03. The van der Waals surface area contributed by atoms with Crippen LogP contribution in [-0.2, 0) is 0 Å². The summed E-state index contributed by atoms with van der Waals surface area (Å²) in [6, 6.07) is 9.04. The third kappa shape index (κ3) is 2.69. The molecule has 0 radical (unpaired) electrons. The summed E-state index contributed by atoms with van der Waals surface area (Å²) in [5.74, 6) is -0.170. The average molecular weight is 272 g/mol. The van der Waals surface area contributed by atoms with Gasteiger partial charge >= 0.3 is 0 Å². The molecule has 0 saturated carbocycles. The Balaban J connectivity index is 2.39. The molecule has 3 N–H and O–H groups in total. The second kappa shape index (κ2) is 6.01. The standard InChI is InChI=1S/C14H16N4O2/c1-2-18(9-13(15)17-20)14(19)11-5-3-7-12-10(11)6-4-8-16-12/h3-8,20H,2,9H2,1H3,(H2,15,17). The third-order valence-electron chi connectivity index (χ3n) is 3.03. The van der Waals surface area contributed by atoms with Gasteiger partial charge < -0.3 is 15.8 Å². The van der Waals surface area contributed by atoms with Gasteiger partial charge in [0.05, 0.1) is 12.1 Å². The van der Waals surface area contributed by atoms with Crippen molar-refractivity contribution < 1.29 is 10.0 Å². The largest absolute Gasteiger partial charge is 0.409 e. The lowest BCUT2D eigenvalue weighted by Crippen LogP contribution is -2.38. The van der Waals surface area contributed by atoms with Gasteiger partial charge in [0.2, 0.25) is 0 Å². The summed E-state index contributed by atoms with van der Waals surface area (Å²) in [7, 11) is 0. The van der Waals surface area contributed by atoms with Gasteiger partial charge in [-0.3, -0.25) is 9.78 Å². The van der Waals surface area contributed by atoms with E-state index >= 15 is 0 Å². The van der Waals surface area contributed by atoms with Gasteiger partial charge in [0, 0.05) is 23.7 Å². The number of pyridine rings is 1. The molecular weight excluding hydrogens is 256 g/mol. The Morgan fingerprint density at radius 3 is 2.90 bits per heavy atom. The number of carbonyl (C=O) groups excluding carboxylic acids is 1. The number of hydrogen-bond acceptors (Lipinski definition) is 4. The molecule has 1 amide bonds.